The summed E-state index contributed by atoms with van der Waals surface area (Å²) >= 11 is 4.74. The number of allylic oxidation sites excluding steroid dienone is 1. The van der Waals surface area contributed by atoms with Crippen LogP contribution < -0.4 is 9.47 Å². The molecule has 0 aliphatic rings. The van der Waals surface area contributed by atoms with Crippen LogP contribution in [0, 0.1) is 11.3 Å². The summed E-state index contributed by atoms with van der Waals surface area (Å²) in [6.45, 7) is 2.39. The fourth-order valence-electron chi connectivity index (χ4n) is 1.96. The van der Waals surface area contributed by atoms with E-state index in [0.717, 1.165) is 0 Å². The van der Waals surface area contributed by atoms with Gasteiger partial charge in [0.15, 0.2) is 11.5 Å². The molecule has 2 aromatic rings. The van der Waals surface area contributed by atoms with Gasteiger partial charge < -0.3 is 9.47 Å². The minimum Gasteiger partial charge on any atom is -0.493 e. The second kappa shape index (κ2) is 7.95. The van der Waals surface area contributed by atoms with Crippen molar-refractivity contribution >= 4 is 39.1 Å². The van der Waals surface area contributed by atoms with Crippen molar-refractivity contribution in [3.05, 3.63) is 50.1 Å². The van der Waals surface area contributed by atoms with Crippen LogP contribution in [0.5, 0.6) is 11.5 Å². The molecule has 6 heteroatoms. The lowest BCUT2D eigenvalue weighted by atomic mass is 10.1. The molecule has 0 fully saturated rings. The SMILES string of the molecule is CCOc1c(Br)cc(/C=C(\C#N)C(=O)c2cccs2)cc1OC. The van der Waals surface area contributed by atoms with Gasteiger partial charge in [-0.15, -0.1) is 11.3 Å². The van der Waals surface area contributed by atoms with Gasteiger partial charge in [0.2, 0.25) is 5.78 Å². The zero-order valence-electron chi connectivity index (χ0n) is 12.6. The van der Waals surface area contributed by atoms with E-state index in [0.29, 0.717) is 33.0 Å². The van der Waals surface area contributed by atoms with Gasteiger partial charge in [-0.2, -0.15) is 5.26 Å². The summed E-state index contributed by atoms with van der Waals surface area (Å²) in [4.78, 5) is 12.8. The van der Waals surface area contributed by atoms with Crippen molar-refractivity contribution in [3.63, 3.8) is 0 Å². The molecule has 4 nitrogen and oxygen atoms in total. The van der Waals surface area contributed by atoms with Crippen molar-refractivity contribution in [1.82, 2.24) is 0 Å². The van der Waals surface area contributed by atoms with E-state index in [9.17, 15) is 10.1 Å². The number of carbonyl (C=O) groups excluding carboxylic acids is 1. The van der Waals surface area contributed by atoms with Gasteiger partial charge in [0, 0.05) is 0 Å². The van der Waals surface area contributed by atoms with Gasteiger partial charge in [-0.25, -0.2) is 0 Å². The van der Waals surface area contributed by atoms with Crippen molar-refractivity contribution in [2.75, 3.05) is 13.7 Å². The lowest BCUT2D eigenvalue weighted by Gasteiger charge is -2.12. The van der Waals surface area contributed by atoms with Crippen LogP contribution in [-0.2, 0) is 0 Å². The molecule has 1 heterocycles. The molecule has 0 aliphatic carbocycles. The highest BCUT2D eigenvalue weighted by molar-refractivity contribution is 9.10. The van der Waals surface area contributed by atoms with E-state index >= 15 is 0 Å². The highest BCUT2D eigenvalue weighted by atomic mass is 79.9. The van der Waals surface area contributed by atoms with E-state index in [1.807, 2.05) is 13.0 Å². The fourth-order valence-corrected chi connectivity index (χ4v) is 3.22. The molecule has 0 amide bonds. The molecular formula is C17H14BrNO3S. The molecule has 118 valence electrons. The van der Waals surface area contributed by atoms with Gasteiger partial charge in [0.25, 0.3) is 0 Å². The monoisotopic (exact) mass is 391 g/mol. The first-order valence-corrected chi connectivity index (χ1v) is 8.48. The minimum absolute atomic E-state index is 0.0746. The molecule has 0 unspecified atom stereocenters. The molecule has 0 N–H and O–H groups in total. The van der Waals surface area contributed by atoms with Crippen LogP contribution in [-0.4, -0.2) is 19.5 Å². The third-order valence-electron chi connectivity index (χ3n) is 2.96. The maximum absolute atomic E-state index is 12.3. The molecule has 0 spiro atoms. The summed E-state index contributed by atoms with van der Waals surface area (Å²) in [5.74, 6) is 0.843. The molecule has 0 saturated heterocycles. The van der Waals surface area contributed by atoms with E-state index in [2.05, 4.69) is 15.9 Å². The van der Waals surface area contributed by atoms with Crippen LogP contribution >= 0.6 is 27.3 Å². The summed E-state index contributed by atoms with van der Waals surface area (Å²) < 4.78 is 11.5. The summed E-state index contributed by atoms with van der Waals surface area (Å²) in [5.41, 5.74) is 0.754. The van der Waals surface area contributed by atoms with Crippen molar-refractivity contribution in [1.29, 1.82) is 5.26 Å². The van der Waals surface area contributed by atoms with Crippen molar-refractivity contribution < 1.29 is 14.3 Å². The Morgan fingerprint density at radius 3 is 2.83 bits per heavy atom. The third-order valence-corrected chi connectivity index (χ3v) is 4.42. The van der Waals surface area contributed by atoms with Crippen LogP contribution in [0.25, 0.3) is 6.08 Å². The highest BCUT2D eigenvalue weighted by Crippen LogP contribution is 2.37. The van der Waals surface area contributed by atoms with Gasteiger partial charge in [0.1, 0.15) is 11.6 Å². The molecule has 1 aromatic carbocycles. The van der Waals surface area contributed by atoms with Crippen molar-refractivity contribution in [2.45, 2.75) is 6.92 Å². The number of halogens is 1. The van der Waals surface area contributed by atoms with Crippen molar-refractivity contribution in [2.24, 2.45) is 0 Å². The summed E-state index contributed by atoms with van der Waals surface area (Å²) in [6, 6.07) is 8.96. The Balaban J connectivity index is 2.43. The average molecular weight is 392 g/mol. The molecule has 23 heavy (non-hydrogen) atoms. The predicted octanol–water partition coefficient (Wildman–Crippen LogP) is 4.71. The van der Waals surface area contributed by atoms with E-state index in [-0.39, 0.29) is 11.4 Å². The fraction of sp³-hybridized carbons (Fsp3) is 0.176. The lowest BCUT2D eigenvalue weighted by molar-refractivity contribution is 0.104. The van der Waals surface area contributed by atoms with Crippen LogP contribution in [0.2, 0.25) is 0 Å². The van der Waals surface area contributed by atoms with Crippen LogP contribution in [0.1, 0.15) is 22.2 Å². The smallest absolute Gasteiger partial charge is 0.213 e. The largest absolute Gasteiger partial charge is 0.493 e. The topological polar surface area (TPSA) is 59.3 Å². The van der Waals surface area contributed by atoms with E-state index < -0.39 is 0 Å². The van der Waals surface area contributed by atoms with Gasteiger partial charge >= 0.3 is 0 Å². The number of methoxy groups -OCH3 is 1. The molecule has 0 saturated carbocycles. The first kappa shape index (κ1) is 17.3. The van der Waals surface area contributed by atoms with Gasteiger partial charge in [-0.1, -0.05) is 6.07 Å². The van der Waals surface area contributed by atoms with Crippen LogP contribution in [0.3, 0.4) is 0 Å². The number of nitriles is 1. The first-order chi connectivity index (χ1) is 11.1. The summed E-state index contributed by atoms with van der Waals surface area (Å²) in [6.07, 6.45) is 1.55. The molecule has 0 bridgehead atoms. The second-order valence-electron chi connectivity index (χ2n) is 4.44. The Labute approximate surface area is 147 Å². The number of benzene rings is 1. The lowest BCUT2D eigenvalue weighted by Crippen LogP contribution is -2.00. The number of carbonyl (C=O) groups is 1. The summed E-state index contributed by atoms with van der Waals surface area (Å²) in [5, 5.41) is 11.1. The van der Waals surface area contributed by atoms with Crippen molar-refractivity contribution in [3.8, 4) is 17.6 Å². The molecule has 2 rings (SSSR count). The first-order valence-electron chi connectivity index (χ1n) is 6.81. The molecule has 0 radical (unpaired) electrons. The second-order valence-corrected chi connectivity index (χ2v) is 6.25. The Morgan fingerprint density at radius 1 is 1.48 bits per heavy atom. The number of thiophene rings is 1. The van der Waals surface area contributed by atoms with Gasteiger partial charge in [-0.05, 0) is 58.1 Å². The Kier molecular flexibility index (Phi) is 5.97. The predicted molar refractivity (Wildman–Crippen MR) is 94.1 cm³/mol. The number of ketones is 1. The Morgan fingerprint density at radius 2 is 2.26 bits per heavy atom. The Hall–Kier alpha value is -2.10. The number of Topliss-reactive ketones (excluding diaryl/α,β-unsaturated/α-hetero) is 1. The van der Waals surface area contributed by atoms with Crippen LogP contribution in [0.4, 0.5) is 0 Å². The number of nitrogens with zero attached hydrogens (tertiary/aromatic N) is 1. The standard InChI is InChI=1S/C17H14BrNO3S/c1-3-22-17-13(18)8-11(9-14(17)21-2)7-12(10-19)16(20)15-5-4-6-23-15/h4-9H,3H2,1-2H3/b12-7+. The normalized spacial score (nSPS) is 11.0. The number of rotatable bonds is 6. The summed E-state index contributed by atoms with van der Waals surface area (Å²) in [7, 11) is 1.54. The highest BCUT2D eigenvalue weighted by Gasteiger charge is 2.15. The van der Waals surface area contributed by atoms with E-state index in [1.54, 1.807) is 42.8 Å². The maximum Gasteiger partial charge on any atom is 0.213 e. The van der Waals surface area contributed by atoms with Gasteiger partial charge in [-0.3, -0.25) is 4.79 Å². The zero-order valence-corrected chi connectivity index (χ0v) is 15.0. The molecule has 0 aliphatic heterocycles. The molecular weight excluding hydrogens is 378 g/mol. The zero-order chi connectivity index (χ0) is 16.8. The maximum atomic E-state index is 12.3. The molecule has 1 aromatic heterocycles. The average Bonchev–Trinajstić information content (AvgIpc) is 3.08. The van der Waals surface area contributed by atoms with Crippen LogP contribution in [0.15, 0.2) is 39.7 Å². The number of hydrogen-bond acceptors (Lipinski definition) is 5. The van der Waals surface area contributed by atoms with E-state index in [1.165, 1.54) is 11.3 Å². The number of hydrogen-bond donors (Lipinski definition) is 0. The van der Waals surface area contributed by atoms with E-state index in [4.69, 9.17) is 9.47 Å². The third kappa shape index (κ3) is 4.01. The minimum atomic E-state index is -0.286. The Bertz CT molecular complexity index is 776. The number of ether oxygens (including phenoxy) is 2. The van der Waals surface area contributed by atoms with Gasteiger partial charge in [0.05, 0.1) is 23.1 Å². The molecule has 0 atom stereocenters. The quantitative estimate of drug-likeness (QED) is 0.406.